The van der Waals surface area contributed by atoms with Crippen LogP contribution in [-0.2, 0) is 0 Å². The number of halogens is 1. The Labute approximate surface area is 78.4 Å². The van der Waals surface area contributed by atoms with Crippen LogP contribution in [0, 0.1) is 0 Å². The summed E-state index contributed by atoms with van der Waals surface area (Å²) in [6.07, 6.45) is 3.85. The average molecular weight is 220 g/mol. The highest BCUT2D eigenvalue weighted by molar-refractivity contribution is 9.11. The zero-order valence-corrected chi connectivity index (χ0v) is 9.08. The molecule has 11 heavy (non-hydrogen) atoms. The Bertz CT molecular complexity index is 112. The smallest absolute Gasteiger partial charge is 0.0268 e. The highest BCUT2D eigenvalue weighted by Crippen LogP contribution is 2.02. The zero-order valence-electron chi connectivity index (χ0n) is 7.49. The molecule has 0 fully saturated rings. The molecule has 1 atom stereocenters. The van der Waals surface area contributed by atoms with Gasteiger partial charge in [-0.05, 0) is 13.3 Å². The van der Waals surface area contributed by atoms with Gasteiger partial charge in [0, 0.05) is 17.1 Å². The molecular weight excluding hydrogens is 202 g/mol. The second kappa shape index (κ2) is 6.86. The van der Waals surface area contributed by atoms with E-state index >= 15 is 0 Å². The van der Waals surface area contributed by atoms with E-state index in [1.807, 2.05) is 0 Å². The van der Waals surface area contributed by atoms with Crippen LogP contribution < -0.4 is 5.32 Å². The standard InChI is InChI=1S/C9H18BrN/c1-4-5-6-9(3)11-7-8(2)10/h9,11H,2,4-7H2,1,3H3. The fourth-order valence-electron chi connectivity index (χ4n) is 0.897. The van der Waals surface area contributed by atoms with Gasteiger partial charge in [-0.3, -0.25) is 0 Å². The lowest BCUT2D eigenvalue weighted by molar-refractivity contribution is 0.518. The first-order valence-electron chi connectivity index (χ1n) is 4.23. The normalized spacial score (nSPS) is 13.0. The molecular formula is C9H18BrN. The van der Waals surface area contributed by atoms with Crippen molar-refractivity contribution in [2.24, 2.45) is 0 Å². The number of hydrogen-bond acceptors (Lipinski definition) is 1. The maximum Gasteiger partial charge on any atom is 0.0268 e. The Hall–Kier alpha value is 0.180. The summed E-state index contributed by atoms with van der Waals surface area (Å²) in [4.78, 5) is 0. The fraction of sp³-hybridized carbons (Fsp3) is 0.778. The van der Waals surface area contributed by atoms with E-state index < -0.39 is 0 Å². The Morgan fingerprint density at radius 2 is 2.27 bits per heavy atom. The fourth-order valence-corrected chi connectivity index (χ4v) is 1.06. The van der Waals surface area contributed by atoms with Crippen LogP contribution in [0.5, 0.6) is 0 Å². The summed E-state index contributed by atoms with van der Waals surface area (Å²) in [6.45, 7) is 9.07. The van der Waals surface area contributed by atoms with Gasteiger partial charge in [0.05, 0.1) is 0 Å². The van der Waals surface area contributed by atoms with Gasteiger partial charge >= 0.3 is 0 Å². The molecule has 66 valence electrons. The van der Waals surface area contributed by atoms with Crippen LogP contribution in [0.25, 0.3) is 0 Å². The van der Waals surface area contributed by atoms with Crippen molar-refractivity contribution in [1.29, 1.82) is 0 Å². The minimum atomic E-state index is 0.615. The highest BCUT2D eigenvalue weighted by atomic mass is 79.9. The van der Waals surface area contributed by atoms with Crippen LogP contribution in [0.15, 0.2) is 11.1 Å². The lowest BCUT2D eigenvalue weighted by Crippen LogP contribution is -2.26. The van der Waals surface area contributed by atoms with Crippen LogP contribution in [0.4, 0.5) is 0 Å². The highest BCUT2D eigenvalue weighted by Gasteiger charge is 1.98. The number of hydrogen-bond donors (Lipinski definition) is 1. The minimum Gasteiger partial charge on any atom is -0.310 e. The van der Waals surface area contributed by atoms with Crippen LogP contribution >= 0.6 is 15.9 Å². The van der Waals surface area contributed by atoms with Gasteiger partial charge in [0.2, 0.25) is 0 Å². The van der Waals surface area contributed by atoms with E-state index in [-0.39, 0.29) is 0 Å². The molecule has 0 aliphatic rings. The molecule has 1 nitrogen and oxygen atoms in total. The summed E-state index contributed by atoms with van der Waals surface area (Å²) in [5.74, 6) is 0. The maximum absolute atomic E-state index is 3.76. The van der Waals surface area contributed by atoms with E-state index in [0.29, 0.717) is 6.04 Å². The second-order valence-corrected chi connectivity index (χ2v) is 4.06. The van der Waals surface area contributed by atoms with Gasteiger partial charge in [-0.2, -0.15) is 0 Å². The molecule has 0 saturated carbocycles. The molecule has 2 heteroatoms. The summed E-state index contributed by atoms with van der Waals surface area (Å²) < 4.78 is 1.03. The first-order chi connectivity index (χ1) is 5.16. The predicted octanol–water partition coefficient (Wildman–Crippen LogP) is 3.06. The molecule has 0 aliphatic carbocycles. The zero-order chi connectivity index (χ0) is 8.69. The molecule has 0 spiro atoms. The van der Waals surface area contributed by atoms with Gasteiger partial charge in [-0.25, -0.2) is 0 Å². The molecule has 0 aromatic rings. The largest absolute Gasteiger partial charge is 0.310 e. The third-order valence-electron chi connectivity index (χ3n) is 1.63. The van der Waals surface area contributed by atoms with Gasteiger partial charge < -0.3 is 5.32 Å². The number of rotatable bonds is 6. The lowest BCUT2D eigenvalue weighted by atomic mass is 10.1. The third kappa shape index (κ3) is 8.08. The SMILES string of the molecule is C=C(Br)CNC(C)CCCC. The molecule has 0 aromatic heterocycles. The van der Waals surface area contributed by atoms with Gasteiger partial charge in [0.25, 0.3) is 0 Å². The molecule has 0 aliphatic heterocycles. The molecule has 1 unspecified atom stereocenters. The number of unbranched alkanes of at least 4 members (excludes halogenated alkanes) is 1. The monoisotopic (exact) mass is 219 g/mol. The van der Waals surface area contributed by atoms with Gasteiger partial charge in [0.1, 0.15) is 0 Å². The van der Waals surface area contributed by atoms with Crippen LogP contribution in [-0.4, -0.2) is 12.6 Å². The summed E-state index contributed by atoms with van der Waals surface area (Å²) in [6, 6.07) is 0.615. The van der Waals surface area contributed by atoms with E-state index in [1.54, 1.807) is 0 Å². The molecule has 0 bridgehead atoms. The van der Waals surface area contributed by atoms with E-state index in [1.165, 1.54) is 19.3 Å². The van der Waals surface area contributed by atoms with Crippen molar-refractivity contribution >= 4 is 15.9 Å². The predicted molar refractivity (Wildman–Crippen MR) is 55.1 cm³/mol. The van der Waals surface area contributed by atoms with Crippen molar-refractivity contribution in [3.05, 3.63) is 11.1 Å². The van der Waals surface area contributed by atoms with Crippen molar-refractivity contribution in [2.75, 3.05) is 6.54 Å². The first kappa shape index (κ1) is 11.2. The topological polar surface area (TPSA) is 12.0 Å². The quantitative estimate of drug-likeness (QED) is 0.725. The van der Waals surface area contributed by atoms with E-state index in [9.17, 15) is 0 Å². The van der Waals surface area contributed by atoms with Gasteiger partial charge in [0.15, 0.2) is 0 Å². The van der Waals surface area contributed by atoms with Gasteiger partial charge in [-0.1, -0.05) is 42.3 Å². The molecule has 0 saturated heterocycles. The van der Waals surface area contributed by atoms with Crippen molar-refractivity contribution in [1.82, 2.24) is 5.32 Å². The van der Waals surface area contributed by atoms with E-state index in [4.69, 9.17) is 0 Å². The Morgan fingerprint density at radius 3 is 2.73 bits per heavy atom. The molecule has 1 N–H and O–H groups in total. The molecule has 0 amide bonds. The van der Waals surface area contributed by atoms with Crippen LogP contribution in [0.1, 0.15) is 33.1 Å². The lowest BCUT2D eigenvalue weighted by Gasteiger charge is -2.11. The van der Waals surface area contributed by atoms with Crippen LogP contribution in [0.3, 0.4) is 0 Å². The molecule has 0 aromatic carbocycles. The average Bonchev–Trinajstić information content (AvgIpc) is 1.97. The van der Waals surface area contributed by atoms with E-state index in [0.717, 1.165) is 11.0 Å². The van der Waals surface area contributed by atoms with Crippen molar-refractivity contribution in [3.8, 4) is 0 Å². The molecule has 0 rings (SSSR count). The number of nitrogens with one attached hydrogen (secondary N) is 1. The molecule has 0 radical (unpaired) electrons. The third-order valence-corrected chi connectivity index (χ3v) is 1.91. The minimum absolute atomic E-state index is 0.615. The Kier molecular flexibility index (Phi) is 6.98. The van der Waals surface area contributed by atoms with Crippen LogP contribution in [0.2, 0.25) is 0 Å². The van der Waals surface area contributed by atoms with Gasteiger partial charge in [-0.15, -0.1) is 0 Å². The van der Waals surface area contributed by atoms with Crippen molar-refractivity contribution in [2.45, 2.75) is 39.2 Å². The second-order valence-electron chi connectivity index (χ2n) is 2.94. The molecule has 0 heterocycles. The summed E-state index contributed by atoms with van der Waals surface area (Å²) in [7, 11) is 0. The summed E-state index contributed by atoms with van der Waals surface area (Å²) in [5.41, 5.74) is 0. The summed E-state index contributed by atoms with van der Waals surface area (Å²) >= 11 is 3.31. The summed E-state index contributed by atoms with van der Waals surface area (Å²) in [5, 5.41) is 3.37. The van der Waals surface area contributed by atoms with E-state index in [2.05, 4.69) is 41.7 Å². The Balaban J connectivity index is 3.22. The first-order valence-corrected chi connectivity index (χ1v) is 5.02. The maximum atomic E-state index is 3.76. The Morgan fingerprint density at radius 1 is 1.64 bits per heavy atom. The van der Waals surface area contributed by atoms with Crippen molar-refractivity contribution in [3.63, 3.8) is 0 Å². The van der Waals surface area contributed by atoms with Crippen molar-refractivity contribution < 1.29 is 0 Å².